The minimum Gasteiger partial charge on any atom is -0.465 e. The molecule has 6 rings (SSSR count). The van der Waals surface area contributed by atoms with E-state index in [1.807, 2.05) is 11.9 Å². The molecule has 3 aliphatic rings. The second kappa shape index (κ2) is 11.5. The van der Waals surface area contributed by atoms with Gasteiger partial charge >= 0.3 is 12.5 Å². The summed E-state index contributed by atoms with van der Waals surface area (Å²) in [6.45, 7) is 3.43. The predicted molar refractivity (Wildman–Crippen MR) is 155 cm³/mol. The Bertz CT molecular complexity index is 1700. The Kier molecular flexibility index (Phi) is 7.81. The van der Waals surface area contributed by atoms with Crippen LogP contribution in [0.2, 0.25) is 0 Å². The zero-order chi connectivity index (χ0) is 32.1. The summed E-state index contributed by atoms with van der Waals surface area (Å²) in [7, 11) is 1.98. The first-order valence-electron chi connectivity index (χ1n) is 14.4. The monoisotopic (exact) mass is 633 g/mol. The van der Waals surface area contributed by atoms with Crippen LogP contribution in [0.3, 0.4) is 0 Å². The van der Waals surface area contributed by atoms with Crippen LogP contribution in [0.5, 0.6) is 5.75 Å². The minimum absolute atomic E-state index is 0.0774. The topological polar surface area (TPSA) is 132 Å². The Morgan fingerprint density at radius 1 is 1.09 bits per heavy atom. The predicted octanol–water partition coefficient (Wildman–Crippen LogP) is 2.99. The van der Waals surface area contributed by atoms with E-state index in [4.69, 9.17) is 5.11 Å². The van der Waals surface area contributed by atoms with Crippen molar-refractivity contribution < 1.29 is 37.0 Å². The van der Waals surface area contributed by atoms with Crippen LogP contribution in [-0.2, 0) is 4.79 Å². The Morgan fingerprint density at radius 3 is 2.49 bits per heavy atom. The first kappa shape index (κ1) is 30.6. The van der Waals surface area contributed by atoms with Gasteiger partial charge in [-0.15, -0.1) is 13.2 Å². The van der Waals surface area contributed by atoms with Crippen molar-refractivity contribution in [3.8, 4) is 11.4 Å². The molecule has 0 bridgehead atoms. The third-order valence-corrected chi connectivity index (χ3v) is 8.67. The lowest BCUT2D eigenvalue weighted by molar-refractivity contribution is -0.274. The smallest absolute Gasteiger partial charge is 0.465 e. The maximum atomic E-state index is 15.6. The molecular formula is C29H31F4N7O5. The maximum Gasteiger partial charge on any atom is 0.573 e. The summed E-state index contributed by atoms with van der Waals surface area (Å²) >= 11 is 0. The summed E-state index contributed by atoms with van der Waals surface area (Å²) in [5.74, 6) is -1.86. The van der Waals surface area contributed by atoms with E-state index < -0.39 is 41.0 Å². The van der Waals surface area contributed by atoms with Crippen molar-refractivity contribution in [2.24, 2.45) is 0 Å². The summed E-state index contributed by atoms with van der Waals surface area (Å²) in [6, 6.07) is 5.83. The zero-order valence-corrected chi connectivity index (χ0v) is 24.2. The summed E-state index contributed by atoms with van der Waals surface area (Å²) in [5, 5.41) is 13.9. The van der Waals surface area contributed by atoms with Gasteiger partial charge in [0.2, 0.25) is 5.91 Å². The molecule has 1 aliphatic carbocycles. The molecule has 2 amide bonds. The summed E-state index contributed by atoms with van der Waals surface area (Å²) in [6.07, 6.45) is -3.55. The number of piperazine rings is 1. The highest BCUT2D eigenvalue weighted by Crippen LogP contribution is 2.44. The molecule has 3 N–H and O–H groups in total. The highest BCUT2D eigenvalue weighted by atomic mass is 19.4. The zero-order valence-electron chi connectivity index (χ0n) is 24.2. The number of likely N-dealkylation sites (N-methyl/N-ethyl adjacent to an activating group) is 1. The molecule has 0 unspecified atom stereocenters. The van der Waals surface area contributed by atoms with Crippen molar-refractivity contribution in [2.45, 2.75) is 37.2 Å². The number of benzene rings is 2. The summed E-state index contributed by atoms with van der Waals surface area (Å²) in [5.41, 5.74) is -1.76. The third kappa shape index (κ3) is 6.11. The fourth-order valence-electron chi connectivity index (χ4n) is 6.11. The van der Waals surface area contributed by atoms with E-state index in [2.05, 4.69) is 25.3 Å². The highest BCUT2D eigenvalue weighted by molar-refractivity contribution is 6.01. The standard InChI is InChI=1S/C29H31F4N7O5/c1-37-10-12-39(13-11-37)28(7-8-28)26(42)36-20-14-18(2-5-22(20)45-29(31,32)33)40-16-34-24-19(25(40)41)3-4-21(23(24)30)38-9-6-17(15-38)35-27(43)44/h2-5,14,16-17,35H,6-13,15H2,1H3,(H,36,42)(H,43,44)/t17-/m1/s1. The summed E-state index contributed by atoms with van der Waals surface area (Å²) < 4.78 is 60.6. The largest absolute Gasteiger partial charge is 0.573 e. The van der Waals surface area contributed by atoms with Crippen LogP contribution in [0.4, 0.5) is 33.7 Å². The van der Waals surface area contributed by atoms with Crippen LogP contribution in [0.15, 0.2) is 41.5 Å². The van der Waals surface area contributed by atoms with Crippen molar-refractivity contribution in [1.82, 2.24) is 24.7 Å². The number of anilines is 2. The molecule has 0 radical (unpaired) electrons. The van der Waals surface area contributed by atoms with Crippen molar-refractivity contribution in [3.63, 3.8) is 0 Å². The molecule has 1 atom stereocenters. The summed E-state index contributed by atoms with van der Waals surface area (Å²) in [4.78, 5) is 47.9. The molecule has 1 aromatic heterocycles. The Balaban J connectivity index is 1.30. The van der Waals surface area contributed by atoms with Gasteiger partial charge in [0.05, 0.1) is 28.5 Å². The van der Waals surface area contributed by atoms with Crippen LogP contribution in [0.25, 0.3) is 16.6 Å². The van der Waals surface area contributed by atoms with E-state index in [1.165, 1.54) is 24.3 Å². The lowest BCUT2D eigenvalue weighted by Crippen LogP contribution is -2.54. The number of aromatic nitrogens is 2. The second-order valence-electron chi connectivity index (χ2n) is 11.6. The van der Waals surface area contributed by atoms with Gasteiger partial charge in [-0.25, -0.2) is 14.2 Å². The van der Waals surface area contributed by atoms with Gasteiger partial charge in [0, 0.05) is 39.3 Å². The number of fused-ring (bicyclic) bond motifs is 1. The molecule has 2 saturated heterocycles. The molecule has 3 aromatic rings. The number of halogens is 4. The van der Waals surface area contributed by atoms with Gasteiger partial charge in [0.25, 0.3) is 5.56 Å². The van der Waals surface area contributed by atoms with Gasteiger partial charge in [-0.05, 0) is 56.6 Å². The SMILES string of the molecule is CN1CCN(C2(C(=O)Nc3cc(-n4cnc5c(F)c(N6CC[C@@H](NC(=O)O)C6)ccc5c4=O)ccc3OC(F)(F)F)CC2)CC1. The number of carbonyl (C=O) groups is 2. The number of nitrogens with one attached hydrogen (secondary N) is 2. The van der Waals surface area contributed by atoms with E-state index in [9.17, 15) is 27.6 Å². The molecule has 12 nitrogen and oxygen atoms in total. The molecule has 1 saturated carbocycles. The molecular weight excluding hydrogens is 602 g/mol. The third-order valence-electron chi connectivity index (χ3n) is 8.67. The lowest BCUT2D eigenvalue weighted by Gasteiger charge is -2.37. The molecule has 2 aliphatic heterocycles. The molecule has 0 spiro atoms. The van der Waals surface area contributed by atoms with Crippen LogP contribution in [0.1, 0.15) is 19.3 Å². The molecule has 240 valence electrons. The maximum absolute atomic E-state index is 15.6. The molecule has 2 aromatic carbocycles. The molecule has 16 heteroatoms. The fraction of sp³-hybridized carbons (Fsp3) is 0.448. The minimum atomic E-state index is -5.04. The lowest BCUT2D eigenvalue weighted by atomic mass is 10.1. The second-order valence-corrected chi connectivity index (χ2v) is 11.6. The van der Waals surface area contributed by atoms with Crippen LogP contribution < -0.4 is 25.8 Å². The Morgan fingerprint density at radius 2 is 1.82 bits per heavy atom. The number of hydrogen-bond acceptors (Lipinski definition) is 8. The number of ether oxygens (including phenoxy) is 1. The van der Waals surface area contributed by atoms with Crippen LogP contribution in [-0.4, -0.2) is 101 Å². The molecule has 45 heavy (non-hydrogen) atoms. The first-order valence-corrected chi connectivity index (χ1v) is 14.4. The number of hydrogen-bond donors (Lipinski definition) is 3. The van der Waals surface area contributed by atoms with Gasteiger partial charge in [0.15, 0.2) is 11.6 Å². The number of rotatable bonds is 7. The van der Waals surface area contributed by atoms with Crippen LogP contribution in [0, 0.1) is 5.82 Å². The van der Waals surface area contributed by atoms with E-state index in [-0.39, 0.29) is 40.6 Å². The molecule has 3 fully saturated rings. The van der Waals surface area contributed by atoms with Gasteiger partial charge in [-0.2, -0.15) is 0 Å². The van der Waals surface area contributed by atoms with Gasteiger partial charge in [0.1, 0.15) is 17.4 Å². The van der Waals surface area contributed by atoms with Gasteiger partial charge in [-0.3, -0.25) is 19.1 Å². The number of alkyl halides is 3. The number of nitrogens with zero attached hydrogens (tertiary/aromatic N) is 5. The average molecular weight is 634 g/mol. The van der Waals surface area contributed by atoms with Crippen molar-refractivity contribution in [3.05, 3.63) is 52.8 Å². The normalized spacial score (nSPS) is 20.3. The van der Waals surface area contributed by atoms with E-state index in [0.717, 1.165) is 30.1 Å². The number of carbonyl (C=O) groups excluding carboxylic acids is 1. The van der Waals surface area contributed by atoms with E-state index in [1.54, 1.807) is 4.90 Å². The van der Waals surface area contributed by atoms with Crippen LogP contribution >= 0.6 is 0 Å². The Hall–Kier alpha value is -4.44. The molecule has 3 heterocycles. The number of amides is 2. The average Bonchev–Trinajstić information content (AvgIpc) is 3.67. The Labute approximate surface area is 254 Å². The van der Waals surface area contributed by atoms with E-state index >= 15 is 4.39 Å². The highest BCUT2D eigenvalue weighted by Gasteiger charge is 2.55. The quantitative estimate of drug-likeness (QED) is 0.336. The number of carboxylic acid groups (broad SMARTS) is 1. The first-order chi connectivity index (χ1) is 21.3. The van der Waals surface area contributed by atoms with Gasteiger partial charge < -0.3 is 30.3 Å². The van der Waals surface area contributed by atoms with Crippen molar-refractivity contribution in [1.29, 1.82) is 0 Å². The van der Waals surface area contributed by atoms with Crippen molar-refractivity contribution in [2.75, 3.05) is 56.5 Å². The van der Waals surface area contributed by atoms with Crippen molar-refractivity contribution >= 4 is 34.3 Å². The van der Waals surface area contributed by atoms with Gasteiger partial charge in [-0.1, -0.05) is 0 Å². The fourth-order valence-corrected chi connectivity index (χ4v) is 6.11. The van der Waals surface area contributed by atoms with E-state index in [0.29, 0.717) is 38.9 Å².